The van der Waals surface area contributed by atoms with Crippen molar-refractivity contribution in [2.24, 2.45) is 0 Å². The fraction of sp³-hybridized carbons (Fsp3) is 0.800. The topological polar surface area (TPSA) is 126 Å². The molecule has 1 aliphatic carbocycles. The van der Waals surface area contributed by atoms with E-state index in [1.165, 1.54) is 27.7 Å². The fourth-order valence-corrected chi connectivity index (χ4v) is 3.80. The molecule has 10 nitrogen and oxygen atoms in total. The summed E-state index contributed by atoms with van der Waals surface area (Å²) in [7, 11) is 0. The van der Waals surface area contributed by atoms with E-state index >= 15 is 0 Å². The molecule has 0 bridgehead atoms. The molecule has 1 saturated heterocycles. The van der Waals surface area contributed by atoms with E-state index in [4.69, 9.17) is 23.7 Å². The summed E-state index contributed by atoms with van der Waals surface area (Å²) in [5, 5.41) is 2.70. The normalized spacial score (nSPS) is 29.5. The number of carbonyl (C=O) groups is 4. The van der Waals surface area contributed by atoms with Crippen LogP contribution < -0.4 is 5.32 Å². The highest BCUT2D eigenvalue weighted by atomic mass is 16.7. The Kier molecular flexibility index (Phi) is 9.04. The van der Waals surface area contributed by atoms with Crippen molar-refractivity contribution in [3.63, 3.8) is 0 Å². The average Bonchev–Trinajstić information content (AvgIpc) is 2.64. The van der Waals surface area contributed by atoms with Crippen LogP contribution in [0.2, 0.25) is 0 Å². The highest BCUT2D eigenvalue weighted by molar-refractivity contribution is 5.73. The van der Waals surface area contributed by atoms with E-state index in [0.717, 1.165) is 32.1 Å². The Balaban J connectivity index is 2.34. The quantitative estimate of drug-likeness (QED) is 0.466. The van der Waals surface area contributed by atoms with Gasteiger partial charge in [-0.3, -0.25) is 19.2 Å². The minimum absolute atomic E-state index is 0.0855. The number of carbonyl (C=O) groups excluding carboxylic acids is 4. The Hall–Kier alpha value is -2.20. The standard InChI is InChI=1S/C20H31NO9/c1-11(22)21-17-19(28-14(4)25)18(27-13(3)24)16(10-26-12(2)23)30-20(17)29-15-8-6-5-7-9-15/h15-20H,5-10H2,1-4H3,(H,21,22)/t16?,17-,18-,19?,20+/m0/s1. The van der Waals surface area contributed by atoms with Crippen LogP contribution in [-0.2, 0) is 42.9 Å². The maximum Gasteiger partial charge on any atom is 0.303 e. The molecule has 10 heteroatoms. The largest absolute Gasteiger partial charge is 0.463 e. The minimum Gasteiger partial charge on any atom is -0.463 e. The zero-order chi connectivity index (χ0) is 22.3. The number of rotatable bonds is 7. The van der Waals surface area contributed by atoms with Crippen LogP contribution in [0.3, 0.4) is 0 Å². The van der Waals surface area contributed by atoms with Gasteiger partial charge in [-0.05, 0) is 12.8 Å². The minimum atomic E-state index is -1.10. The highest BCUT2D eigenvalue weighted by Crippen LogP contribution is 2.31. The lowest BCUT2D eigenvalue weighted by Crippen LogP contribution is -2.67. The third-order valence-electron chi connectivity index (χ3n) is 4.95. The van der Waals surface area contributed by atoms with Gasteiger partial charge in [0.25, 0.3) is 0 Å². The lowest BCUT2D eigenvalue weighted by atomic mass is 9.94. The predicted molar refractivity (Wildman–Crippen MR) is 102 cm³/mol. The first kappa shape index (κ1) is 24.1. The summed E-state index contributed by atoms with van der Waals surface area (Å²) in [6.07, 6.45) is 0.643. The second-order valence-corrected chi connectivity index (χ2v) is 7.62. The van der Waals surface area contributed by atoms with Crippen LogP contribution in [0.5, 0.6) is 0 Å². The van der Waals surface area contributed by atoms with Crippen molar-refractivity contribution in [3.05, 3.63) is 0 Å². The van der Waals surface area contributed by atoms with Crippen molar-refractivity contribution in [1.29, 1.82) is 0 Å². The summed E-state index contributed by atoms with van der Waals surface area (Å²) < 4.78 is 28.0. The van der Waals surface area contributed by atoms with E-state index in [9.17, 15) is 19.2 Å². The van der Waals surface area contributed by atoms with Crippen molar-refractivity contribution < 1.29 is 42.9 Å². The first-order valence-corrected chi connectivity index (χ1v) is 10.2. The molecule has 2 aliphatic rings. The van der Waals surface area contributed by atoms with E-state index in [-0.39, 0.29) is 12.7 Å². The molecule has 1 amide bonds. The summed E-state index contributed by atoms with van der Waals surface area (Å²) in [5.41, 5.74) is 0. The maximum atomic E-state index is 11.9. The maximum absolute atomic E-state index is 11.9. The van der Waals surface area contributed by atoms with Crippen molar-refractivity contribution in [2.75, 3.05) is 6.61 Å². The third kappa shape index (κ3) is 7.24. The summed E-state index contributed by atoms with van der Waals surface area (Å²) in [5.74, 6) is -2.20. The number of esters is 3. The van der Waals surface area contributed by atoms with E-state index < -0.39 is 54.5 Å². The van der Waals surface area contributed by atoms with Crippen LogP contribution >= 0.6 is 0 Å². The molecule has 0 aromatic heterocycles. The second kappa shape index (κ2) is 11.3. The Morgan fingerprint density at radius 2 is 1.47 bits per heavy atom. The molecule has 2 rings (SSSR count). The first-order valence-electron chi connectivity index (χ1n) is 10.2. The van der Waals surface area contributed by atoms with Gasteiger partial charge in [0.05, 0.1) is 6.10 Å². The van der Waals surface area contributed by atoms with Crippen LogP contribution in [0, 0.1) is 0 Å². The second-order valence-electron chi connectivity index (χ2n) is 7.62. The molecule has 2 fully saturated rings. The van der Waals surface area contributed by atoms with E-state index in [1.807, 2.05) is 0 Å². The molecule has 0 aromatic carbocycles. The zero-order valence-corrected chi connectivity index (χ0v) is 17.9. The smallest absolute Gasteiger partial charge is 0.303 e. The Morgan fingerprint density at radius 1 is 0.867 bits per heavy atom. The van der Waals surface area contributed by atoms with Gasteiger partial charge in [-0.25, -0.2) is 0 Å². The van der Waals surface area contributed by atoms with Crippen LogP contribution in [-0.4, -0.2) is 67.2 Å². The molecule has 1 saturated carbocycles. The summed E-state index contributed by atoms with van der Waals surface area (Å²) in [6, 6.07) is -0.911. The number of nitrogens with one attached hydrogen (secondary N) is 1. The highest BCUT2D eigenvalue weighted by Gasteiger charge is 2.51. The predicted octanol–water partition coefficient (Wildman–Crippen LogP) is 0.992. The van der Waals surface area contributed by atoms with E-state index in [2.05, 4.69) is 5.32 Å². The summed E-state index contributed by atoms with van der Waals surface area (Å²) in [6.45, 7) is 4.73. The number of ether oxygens (including phenoxy) is 5. The molecule has 5 atom stereocenters. The van der Waals surface area contributed by atoms with Gasteiger partial charge in [-0.1, -0.05) is 19.3 Å². The monoisotopic (exact) mass is 429 g/mol. The van der Waals surface area contributed by atoms with Gasteiger partial charge in [-0.15, -0.1) is 0 Å². The zero-order valence-electron chi connectivity index (χ0n) is 17.9. The van der Waals surface area contributed by atoms with Gasteiger partial charge in [0.2, 0.25) is 5.91 Å². The van der Waals surface area contributed by atoms with Crippen LogP contribution in [0.4, 0.5) is 0 Å². The molecule has 30 heavy (non-hydrogen) atoms. The molecule has 1 heterocycles. The van der Waals surface area contributed by atoms with Gasteiger partial charge in [-0.2, -0.15) is 0 Å². The molecule has 1 N–H and O–H groups in total. The van der Waals surface area contributed by atoms with Crippen molar-refractivity contribution in [3.8, 4) is 0 Å². The van der Waals surface area contributed by atoms with Gasteiger partial charge in [0.15, 0.2) is 18.5 Å². The molecule has 0 spiro atoms. The van der Waals surface area contributed by atoms with Gasteiger partial charge in [0, 0.05) is 27.7 Å². The van der Waals surface area contributed by atoms with Crippen LogP contribution in [0.1, 0.15) is 59.8 Å². The lowest BCUT2D eigenvalue weighted by molar-refractivity contribution is -0.289. The summed E-state index contributed by atoms with van der Waals surface area (Å²) >= 11 is 0. The molecular formula is C20H31NO9. The number of hydrogen-bond acceptors (Lipinski definition) is 9. The van der Waals surface area contributed by atoms with Gasteiger partial charge in [0.1, 0.15) is 18.8 Å². The first-order chi connectivity index (χ1) is 14.2. The van der Waals surface area contributed by atoms with Crippen molar-refractivity contribution >= 4 is 23.8 Å². The molecular weight excluding hydrogens is 398 g/mol. The van der Waals surface area contributed by atoms with E-state index in [0.29, 0.717) is 0 Å². The van der Waals surface area contributed by atoms with Gasteiger partial charge >= 0.3 is 17.9 Å². The molecule has 2 unspecified atom stereocenters. The third-order valence-corrected chi connectivity index (χ3v) is 4.95. The van der Waals surface area contributed by atoms with Crippen molar-refractivity contribution in [2.45, 2.75) is 96.5 Å². The molecule has 0 radical (unpaired) electrons. The average molecular weight is 429 g/mol. The lowest BCUT2D eigenvalue weighted by Gasteiger charge is -2.46. The Morgan fingerprint density at radius 3 is 2.00 bits per heavy atom. The van der Waals surface area contributed by atoms with Crippen LogP contribution in [0.25, 0.3) is 0 Å². The molecule has 1 aliphatic heterocycles. The Labute approximate surface area is 175 Å². The summed E-state index contributed by atoms with van der Waals surface area (Å²) in [4.78, 5) is 46.7. The number of amides is 1. The molecule has 170 valence electrons. The van der Waals surface area contributed by atoms with E-state index in [1.54, 1.807) is 0 Å². The number of hydrogen-bond donors (Lipinski definition) is 1. The van der Waals surface area contributed by atoms with Crippen LogP contribution in [0.15, 0.2) is 0 Å². The fourth-order valence-electron chi connectivity index (χ4n) is 3.80. The molecule has 0 aromatic rings. The van der Waals surface area contributed by atoms with Crippen molar-refractivity contribution in [1.82, 2.24) is 5.32 Å². The Bertz CT molecular complexity index is 632. The van der Waals surface area contributed by atoms with Gasteiger partial charge < -0.3 is 29.0 Å². The SMILES string of the molecule is CC(=O)N[C@H]1C(OC(C)=O)[C@@H](OC(C)=O)C(COC(C)=O)O[C@H]1OC1CCCCC1.